The van der Waals surface area contributed by atoms with Gasteiger partial charge in [0, 0.05) is 39.3 Å². The van der Waals surface area contributed by atoms with Gasteiger partial charge in [0.15, 0.2) is 11.5 Å². The zero-order chi connectivity index (χ0) is 20.8. The van der Waals surface area contributed by atoms with Gasteiger partial charge in [-0.25, -0.2) is 0 Å². The molecule has 1 N–H and O–H groups in total. The Balaban J connectivity index is 1.32. The highest BCUT2D eigenvalue weighted by atomic mass is 16.5. The maximum absolute atomic E-state index is 11.1. The molecule has 0 saturated carbocycles. The maximum atomic E-state index is 11.1. The quantitative estimate of drug-likeness (QED) is 0.719. The number of ether oxygens (including phenoxy) is 3. The average molecular weight is 413 g/mol. The zero-order valence-corrected chi connectivity index (χ0v) is 17.8. The van der Waals surface area contributed by atoms with Crippen molar-refractivity contribution in [3.63, 3.8) is 0 Å². The molecule has 0 spiro atoms. The molecule has 0 aliphatic carbocycles. The summed E-state index contributed by atoms with van der Waals surface area (Å²) < 4.78 is 16.9. The molecule has 1 atom stereocenters. The number of likely N-dealkylation sites (tertiary alicyclic amines) is 1. The number of aliphatic hydroxyl groups is 1. The standard InChI is InChI=1S/C24H32N2O4/c1-28-23-17-20(7-8-22(23)30-16-13-25-11-14-29-15-12-25)18-26-10-9-24(27,19-26)21-5-3-2-4-6-21/h2-8,17,27H,9-16,18-19H2,1H3/t24-/m0/s1. The molecule has 2 aromatic rings. The smallest absolute Gasteiger partial charge is 0.161 e. The van der Waals surface area contributed by atoms with Crippen LogP contribution in [0.5, 0.6) is 11.5 Å². The van der Waals surface area contributed by atoms with Gasteiger partial charge in [0.25, 0.3) is 0 Å². The van der Waals surface area contributed by atoms with Crippen LogP contribution in [0.25, 0.3) is 0 Å². The Morgan fingerprint density at radius 2 is 1.80 bits per heavy atom. The van der Waals surface area contributed by atoms with Crippen molar-refractivity contribution in [3.05, 3.63) is 59.7 Å². The molecule has 2 heterocycles. The first-order valence-electron chi connectivity index (χ1n) is 10.8. The van der Waals surface area contributed by atoms with Gasteiger partial charge in [-0.05, 0) is 29.7 Å². The zero-order valence-electron chi connectivity index (χ0n) is 17.8. The summed E-state index contributed by atoms with van der Waals surface area (Å²) in [5.74, 6) is 1.53. The van der Waals surface area contributed by atoms with Crippen LogP contribution in [-0.4, -0.2) is 74.6 Å². The molecule has 2 fully saturated rings. The van der Waals surface area contributed by atoms with Gasteiger partial charge in [-0.15, -0.1) is 0 Å². The monoisotopic (exact) mass is 412 g/mol. The van der Waals surface area contributed by atoms with Gasteiger partial charge >= 0.3 is 0 Å². The summed E-state index contributed by atoms with van der Waals surface area (Å²) in [7, 11) is 1.68. The fraction of sp³-hybridized carbons (Fsp3) is 0.500. The summed E-state index contributed by atoms with van der Waals surface area (Å²) in [5.41, 5.74) is 1.38. The predicted molar refractivity (Wildman–Crippen MR) is 116 cm³/mol. The van der Waals surface area contributed by atoms with Crippen LogP contribution in [-0.2, 0) is 16.9 Å². The third-order valence-corrected chi connectivity index (χ3v) is 6.04. The first-order valence-corrected chi connectivity index (χ1v) is 10.8. The van der Waals surface area contributed by atoms with E-state index in [1.165, 1.54) is 0 Å². The second kappa shape index (κ2) is 9.79. The molecule has 6 heteroatoms. The van der Waals surface area contributed by atoms with Crippen LogP contribution in [0.2, 0.25) is 0 Å². The number of methoxy groups -OCH3 is 1. The lowest BCUT2D eigenvalue weighted by atomic mass is 9.93. The Kier molecular flexibility index (Phi) is 6.89. The normalized spacial score (nSPS) is 22.9. The molecule has 0 amide bonds. The van der Waals surface area contributed by atoms with Gasteiger partial charge in [-0.3, -0.25) is 9.80 Å². The lowest BCUT2D eigenvalue weighted by Crippen LogP contribution is -2.38. The summed E-state index contributed by atoms with van der Waals surface area (Å²) in [4.78, 5) is 4.65. The average Bonchev–Trinajstić information content (AvgIpc) is 3.17. The molecule has 2 aliphatic heterocycles. The second-order valence-corrected chi connectivity index (χ2v) is 8.15. The molecule has 4 rings (SSSR count). The topological polar surface area (TPSA) is 54.4 Å². The number of rotatable bonds is 8. The van der Waals surface area contributed by atoms with Crippen molar-refractivity contribution in [2.75, 3.05) is 59.7 Å². The number of hydrogen-bond acceptors (Lipinski definition) is 6. The second-order valence-electron chi connectivity index (χ2n) is 8.15. The Hall–Kier alpha value is -2.12. The highest BCUT2D eigenvalue weighted by molar-refractivity contribution is 5.43. The largest absolute Gasteiger partial charge is 0.493 e. The lowest BCUT2D eigenvalue weighted by Gasteiger charge is -2.26. The van der Waals surface area contributed by atoms with Gasteiger partial charge < -0.3 is 19.3 Å². The van der Waals surface area contributed by atoms with Gasteiger partial charge in [-0.2, -0.15) is 0 Å². The highest BCUT2D eigenvalue weighted by Gasteiger charge is 2.37. The fourth-order valence-electron chi connectivity index (χ4n) is 4.29. The van der Waals surface area contributed by atoms with Crippen LogP contribution in [0.15, 0.2) is 48.5 Å². The Labute approximate surface area is 179 Å². The Morgan fingerprint density at radius 3 is 2.57 bits per heavy atom. The molecule has 0 radical (unpaired) electrons. The molecule has 30 heavy (non-hydrogen) atoms. The molecule has 162 valence electrons. The van der Waals surface area contributed by atoms with E-state index in [4.69, 9.17) is 14.2 Å². The molecular weight excluding hydrogens is 380 g/mol. The molecule has 6 nitrogen and oxygen atoms in total. The summed E-state index contributed by atoms with van der Waals surface area (Å²) in [5, 5.41) is 11.1. The van der Waals surface area contributed by atoms with E-state index in [9.17, 15) is 5.11 Å². The summed E-state index contributed by atoms with van der Waals surface area (Å²) in [6, 6.07) is 16.1. The number of benzene rings is 2. The molecule has 2 aromatic carbocycles. The predicted octanol–water partition coefficient (Wildman–Crippen LogP) is 2.50. The number of nitrogens with zero attached hydrogens (tertiary/aromatic N) is 2. The van der Waals surface area contributed by atoms with Gasteiger partial charge in [0.2, 0.25) is 0 Å². The SMILES string of the molecule is COc1cc(CN2CC[C@@](O)(c3ccccc3)C2)ccc1OCCN1CCOCC1. The molecule has 0 aromatic heterocycles. The molecule has 2 saturated heterocycles. The highest BCUT2D eigenvalue weighted by Crippen LogP contribution is 2.34. The summed E-state index contributed by atoms with van der Waals surface area (Å²) in [6.45, 7) is 7.32. The molecule has 2 aliphatic rings. The lowest BCUT2D eigenvalue weighted by molar-refractivity contribution is 0.0321. The molecular formula is C24H32N2O4. The maximum Gasteiger partial charge on any atom is 0.161 e. The van der Waals surface area contributed by atoms with Crippen molar-refractivity contribution in [1.29, 1.82) is 0 Å². The Morgan fingerprint density at radius 1 is 1.00 bits per heavy atom. The van der Waals surface area contributed by atoms with Crippen LogP contribution >= 0.6 is 0 Å². The van der Waals surface area contributed by atoms with Crippen LogP contribution < -0.4 is 9.47 Å². The van der Waals surface area contributed by atoms with Gasteiger partial charge in [0.1, 0.15) is 12.2 Å². The van der Waals surface area contributed by atoms with E-state index < -0.39 is 5.60 Å². The number of morpholine rings is 1. The van der Waals surface area contributed by atoms with Crippen LogP contribution in [0, 0.1) is 0 Å². The third-order valence-electron chi connectivity index (χ3n) is 6.04. The van der Waals surface area contributed by atoms with E-state index in [1.807, 2.05) is 42.5 Å². The van der Waals surface area contributed by atoms with E-state index in [0.29, 0.717) is 13.2 Å². The third kappa shape index (κ3) is 5.13. The van der Waals surface area contributed by atoms with E-state index in [1.54, 1.807) is 7.11 Å². The van der Waals surface area contributed by atoms with E-state index in [0.717, 1.165) is 75.0 Å². The van der Waals surface area contributed by atoms with Crippen LogP contribution in [0.4, 0.5) is 0 Å². The summed E-state index contributed by atoms with van der Waals surface area (Å²) >= 11 is 0. The minimum absolute atomic E-state index is 0.631. The molecule has 0 bridgehead atoms. The van der Waals surface area contributed by atoms with Crippen molar-refractivity contribution in [3.8, 4) is 11.5 Å². The van der Waals surface area contributed by atoms with Crippen molar-refractivity contribution in [2.45, 2.75) is 18.6 Å². The van der Waals surface area contributed by atoms with Crippen LogP contribution in [0.1, 0.15) is 17.5 Å². The van der Waals surface area contributed by atoms with E-state index in [2.05, 4.69) is 15.9 Å². The van der Waals surface area contributed by atoms with Crippen molar-refractivity contribution in [1.82, 2.24) is 9.80 Å². The molecule has 0 unspecified atom stereocenters. The van der Waals surface area contributed by atoms with E-state index >= 15 is 0 Å². The minimum Gasteiger partial charge on any atom is -0.493 e. The van der Waals surface area contributed by atoms with Gasteiger partial charge in [0.05, 0.1) is 20.3 Å². The first kappa shape index (κ1) is 21.1. The Bertz CT molecular complexity index is 810. The number of hydrogen-bond donors (Lipinski definition) is 1. The first-order chi connectivity index (χ1) is 14.7. The minimum atomic E-state index is -0.770. The fourth-order valence-corrected chi connectivity index (χ4v) is 4.29. The number of β-amino-alcohol motifs (C(OH)–C–C–N with tert-alkyl or cyclic N) is 1. The van der Waals surface area contributed by atoms with Crippen molar-refractivity contribution in [2.24, 2.45) is 0 Å². The van der Waals surface area contributed by atoms with Crippen molar-refractivity contribution >= 4 is 0 Å². The summed E-state index contributed by atoms with van der Waals surface area (Å²) in [6.07, 6.45) is 0.747. The van der Waals surface area contributed by atoms with E-state index in [-0.39, 0.29) is 0 Å². The van der Waals surface area contributed by atoms with Crippen LogP contribution in [0.3, 0.4) is 0 Å². The van der Waals surface area contributed by atoms with Crippen molar-refractivity contribution < 1.29 is 19.3 Å². The van der Waals surface area contributed by atoms with Gasteiger partial charge in [-0.1, -0.05) is 36.4 Å².